The van der Waals surface area contributed by atoms with Gasteiger partial charge in [-0.15, -0.1) is 0 Å². The smallest absolute Gasteiger partial charge is 0.207 e. The molecule has 0 bridgehead atoms. The summed E-state index contributed by atoms with van der Waals surface area (Å²) >= 11 is 0. The van der Waals surface area contributed by atoms with Crippen molar-refractivity contribution in [1.29, 1.82) is 0 Å². The summed E-state index contributed by atoms with van der Waals surface area (Å²) in [7, 11) is -3.79. The van der Waals surface area contributed by atoms with Crippen molar-refractivity contribution in [3.8, 4) is 0 Å². The highest BCUT2D eigenvalue weighted by Gasteiger charge is 2.13. The summed E-state index contributed by atoms with van der Waals surface area (Å²) in [5.41, 5.74) is 1.92. The molecule has 2 rings (SSSR count). The van der Waals surface area contributed by atoms with Gasteiger partial charge in [0.25, 0.3) is 0 Å². The number of hydrogen-bond acceptors (Lipinski definition) is 3. The maximum absolute atomic E-state index is 12.4. The van der Waals surface area contributed by atoms with Crippen molar-refractivity contribution >= 4 is 15.5 Å². The van der Waals surface area contributed by atoms with Crippen molar-refractivity contribution in [2.45, 2.75) is 17.9 Å². The van der Waals surface area contributed by atoms with Crippen molar-refractivity contribution in [3.63, 3.8) is 0 Å². The van der Waals surface area contributed by atoms with E-state index in [4.69, 9.17) is 0 Å². The highest BCUT2D eigenvalue weighted by Crippen LogP contribution is 2.21. The average Bonchev–Trinajstić information content (AvgIpc) is 2.48. The summed E-state index contributed by atoms with van der Waals surface area (Å²) < 4.78 is 35.1. The first kappa shape index (κ1) is 14.5. The third-order valence-corrected chi connectivity index (χ3v) is 4.32. The molecule has 20 heavy (non-hydrogen) atoms. The van der Waals surface area contributed by atoms with E-state index in [1.54, 1.807) is 12.1 Å². The fourth-order valence-corrected chi connectivity index (χ4v) is 2.57. The average molecular weight is 293 g/mol. The van der Waals surface area contributed by atoms with Crippen LogP contribution in [0.1, 0.15) is 18.5 Å². The van der Waals surface area contributed by atoms with E-state index < -0.39 is 15.8 Å². The van der Waals surface area contributed by atoms with Crippen molar-refractivity contribution in [3.05, 3.63) is 60.2 Å². The van der Waals surface area contributed by atoms with Crippen molar-refractivity contribution in [2.75, 3.05) is 11.3 Å². The Bertz CT molecular complexity index is 654. The highest BCUT2D eigenvalue weighted by molar-refractivity contribution is 7.91. The van der Waals surface area contributed by atoms with Gasteiger partial charge in [-0.25, -0.2) is 12.8 Å². The Morgan fingerprint density at radius 2 is 1.65 bits per heavy atom. The molecule has 5 heteroatoms. The third-order valence-electron chi connectivity index (χ3n) is 3.04. The number of nitrogens with one attached hydrogen (secondary N) is 1. The topological polar surface area (TPSA) is 46.2 Å². The Labute approximate surface area is 118 Å². The molecule has 1 atom stereocenters. The van der Waals surface area contributed by atoms with Gasteiger partial charge in [0.1, 0.15) is 0 Å². The lowest BCUT2D eigenvalue weighted by atomic mass is 10.1. The lowest BCUT2D eigenvalue weighted by Crippen LogP contribution is -2.07. The van der Waals surface area contributed by atoms with Crippen LogP contribution in [0.5, 0.6) is 0 Å². The van der Waals surface area contributed by atoms with Gasteiger partial charge in [-0.2, -0.15) is 0 Å². The minimum absolute atomic E-state index is 0.00193. The zero-order valence-corrected chi connectivity index (χ0v) is 11.9. The molecule has 3 nitrogen and oxygen atoms in total. The van der Waals surface area contributed by atoms with E-state index in [-0.39, 0.29) is 10.9 Å². The molecule has 2 aromatic carbocycles. The third kappa shape index (κ3) is 3.36. The van der Waals surface area contributed by atoms with Crippen LogP contribution in [0.4, 0.5) is 10.1 Å². The zero-order valence-electron chi connectivity index (χ0n) is 11.1. The number of hydrogen-bond donors (Lipinski definition) is 1. The number of benzene rings is 2. The Hall–Kier alpha value is -1.88. The van der Waals surface area contributed by atoms with Crippen LogP contribution >= 0.6 is 0 Å². The van der Waals surface area contributed by atoms with Crippen molar-refractivity contribution in [2.24, 2.45) is 0 Å². The van der Waals surface area contributed by atoms with E-state index >= 15 is 0 Å². The molecule has 0 aliphatic heterocycles. The lowest BCUT2D eigenvalue weighted by molar-refractivity contribution is 0.534. The van der Waals surface area contributed by atoms with E-state index in [0.717, 1.165) is 11.3 Å². The molecule has 0 aromatic heterocycles. The second-order valence-electron chi connectivity index (χ2n) is 4.52. The lowest BCUT2D eigenvalue weighted by Gasteiger charge is -2.15. The van der Waals surface area contributed by atoms with Crippen LogP contribution in [0.3, 0.4) is 0 Å². The molecule has 0 saturated carbocycles. The van der Waals surface area contributed by atoms with Gasteiger partial charge in [-0.3, -0.25) is 0 Å². The maximum Gasteiger partial charge on any atom is 0.207 e. The van der Waals surface area contributed by atoms with Crippen LogP contribution in [-0.4, -0.2) is 14.4 Å². The molecule has 1 unspecified atom stereocenters. The Morgan fingerprint density at radius 3 is 2.20 bits per heavy atom. The molecule has 0 saturated heterocycles. The largest absolute Gasteiger partial charge is 0.379 e. The highest BCUT2D eigenvalue weighted by atomic mass is 32.2. The molecular formula is C15H16FNO2S. The molecule has 1 N–H and O–H groups in total. The monoisotopic (exact) mass is 293 g/mol. The molecule has 106 valence electrons. The molecule has 0 heterocycles. The maximum atomic E-state index is 12.4. The first-order valence-corrected chi connectivity index (χ1v) is 7.88. The SMILES string of the molecule is CC(Nc1ccc(S(=O)(=O)CF)cc1)c1ccccc1. The molecule has 0 spiro atoms. The summed E-state index contributed by atoms with van der Waals surface area (Å²) in [6.07, 6.45) is 0. The minimum atomic E-state index is -3.79. The van der Waals surface area contributed by atoms with Gasteiger partial charge in [0.15, 0.2) is 6.01 Å². The summed E-state index contributed by atoms with van der Waals surface area (Å²) in [5.74, 6) is 0. The predicted octanol–water partition coefficient (Wildman–Crippen LogP) is 3.56. The molecular weight excluding hydrogens is 277 g/mol. The minimum Gasteiger partial charge on any atom is -0.379 e. The summed E-state index contributed by atoms with van der Waals surface area (Å²) in [6.45, 7) is 2.02. The number of sulfone groups is 1. The predicted molar refractivity (Wildman–Crippen MR) is 78.1 cm³/mol. The van der Waals surface area contributed by atoms with Crippen LogP contribution in [-0.2, 0) is 9.84 Å². The van der Waals surface area contributed by atoms with Gasteiger partial charge < -0.3 is 5.32 Å². The van der Waals surface area contributed by atoms with Gasteiger partial charge in [0.2, 0.25) is 9.84 Å². The molecule has 0 aliphatic carbocycles. The van der Waals surface area contributed by atoms with Crippen LogP contribution < -0.4 is 5.32 Å². The number of halogens is 1. The van der Waals surface area contributed by atoms with Gasteiger partial charge in [0.05, 0.1) is 4.90 Å². The standard InChI is InChI=1S/C15H16FNO2S/c1-12(13-5-3-2-4-6-13)17-14-7-9-15(10-8-14)20(18,19)11-16/h2-10,12,17H,11H2,1H3. The normalized spacial score (nSPS) is 12.9. The number of alkyl halides is 1. The van der Waals surface area contributed by atoms with E-state index in [1.807, 2.05) is 37.3 Å². The fraction of sp³-hybridized carbons (Fsp3) is 0.200. The fourth-order valence-electron chi connectivity index (χ4n) is 1.90. The van der Waals surface area contributed by atoms with Crippen molar-refractivity contribution in [1.82, 2.24) is 0 Å². The number of rotatable bonds is 5. The molecule has 0 fully saturated rings. The molecule has 0 radical (unpaired) electrons. The summed E-state index contributed by atoms with van der Waals surface area (Å²) in [5, 5.41) is 3.27. The Balaban J connectivity index is 2.12. The zero-order chi connectivity index (χ0) is 14.6. The van der Waals surface area contributed by atoms with Crippen LogP contribution in [0, 0.1) is 0 Å². The van der Waals surface area contributed by atoms with E-state index in [0.29, 0.717) is 0 Å². The van der Waals surface area contributed by atoms with Crippen LogP contribution in [0.2, 0.25) is 0 Å². The summed E-state index contributed by atoms with van der Waals surface area (Å²) in [6, 6.07) is 14.7. The van der Waals surface area contributed by atoms with E-state index in [1.165, 1.54) is 12.1 Å². The molecule has 0 amide bonds. The van der Waals surface area contributed by atoms with Gasteiger partial charge >= 0.3 is 0 Å². The van der Waals surface area contributed by atoms with Crippen LogP contribution in [0.25, 0.3) is 0 Å². The van der Waals surface area contributed by atoms with Gasteiger partial charge in [-0.1, -0.05) is 30.3 Å². The molecule has 0 aliphatic rings. The summed E-state index contributed by atoms with van der Waals surface area (Å²) in [4.78, 5) is -0.00193. The van der Waals surface area contributed by atoms with Gasteiger partial charge in [0, 0.05) is 11.7 Å². The first-order chi connectivity index (χ1) is 9.53. The second-order valence-corrected chi connectivity index (χ2v) is 6.44. The van der Waals surface area contributed by atoms with E-state index in [2.05, 4.69) is 5.32 Å². The Kier molecular flexibility index (Phi) is 4.39. The van der Waals surface area contributed by atoms with Gasteiger partial charge in [-0.05, 0) is 36.8 Å². The first-order valence-electron chi connectivity index (χ1n) is 6.23. The van der Waals surface area contributed by atoms with E-state index in [9.17, 15) is 12.8 Å². The van der Waals surface area contributed by atoms with Crippen molar-refractivity contribution < 1.29 is 12.8 Å². The number of anilines is 1. The Morgan fingerprint density at radius 1 is 1.05 bits per heavy atom. The quantitative estimate of drug-likeness (QED) is 0.917. The second kappa shape index (κ2) is 6.05. The van der Waals surface area contributed by atoms with Crippen LogP contribution in [0.15, 0.2) is 59.5 Å². The molecule has 2 aromatic rings.